The Morgan fingerprint density at radius 3 is 2.31 bits per heavy atom. The van der Waals surface area contributed by atoms with Gasteiger partial charge in [0, 0.05) is 16.7 Å². The van der Waals surface area contributed by atoms with Gasteiger partial charge in [0.05, 0.1) is 12.7 Å². The van der Waals surface area contributed by atoms with Gasteiger partial charge in [-0.2, -0.15) is 0 Å². The van der Waals surface area contributed by atoms with E-state index >= 15 is 0 Å². The quantitative estimate of drug-likeness (QED) is 0.530. The Labute approximate surface area is 171 Å². The number of ether oxygens (including phenoxy) is 2. The smallest absolute Gasteiger partial charge is 0.340 e. The molecule has 5 rings (SSSR count). The highest BCUT2D eigenvalue weighted by atomic mass is 16.6. The molecule has 0 saturated carbocycles. The van der Waals surface area contributed by atoms with E-state index in [4.69, 9.17) is 9.47 Å². The molecule has 0 saturated heterocycles. The van der Waals surface area contributed by atoms with E-state index in [1.54, 1.807) is 7.11 Å². The summed E-state index contributed by atoms with van der Waals surface area (Å²) < 4.78 is 11.7. The van der Waals surface area contributed by atoms with Gasteiger partial charge in [0.2, 0.25) is 0 Å². The molecule has 29 heavy (non-hydrogen) atoms. The number of benzene rings is 3. The number of carbonyl (C=O) groups is 1. The van der Waals surface area contributed by atoms with Crippen LogP contribution in [-0.4, -0.2) is 13.1 Å². The third kappa shape index (κ3) is 2.46. The topological polar surface area (TPSA) is 35.5 Å². The second-order valence-electron chi connectivity index (χ2n) is 8.94. The minimum absolute atomic E-state index is 0.0428. The van der Waals surface area contributed by atoms with Gasteiger partial charge in [-0.1, -0.05) is 63.2 Å². The molecule has 0 aromatic heterocycles. The first-order valence-electron chi connectivity index (χ1n) is 9.99. The molecule has 0 bridgehead atoms. The Balaban J connectivity index is 1.84. The van der Waals surface area contributed by atoms with Gasteiger partial charge in [-0.05, 0) is 46.7 Å². The summed E-state index contributed by atoms with van der Waals surface area (Å²) in [5, 5.41) is 0. The molecule has 1 aliphatic heterocycles. The molecule has 3 aromatic carbocycles. The first-order chi connectivity index (χ1) is 13.8. The van der Waals surface area contributed by atoms with Crippen LogP contribution in [0.1, 0.15) is 64.5 Å². The monoisotopic (exact) mass is 384 g/mol. The van der Waals surface area contributed by atoms with Crippen molar-refractivity contribution in [2.24, 2.45) is 0 Å². The molecular formula is C26H24O3. The molecular weight excluding hydrogens is 360 g/mol. The third-order valence-electron chi connectivity index (χ3n) is 6.20. The van der Waals surface area contributed by atoms with Crippen LogP contribution >= 0.6 is 0 Å². The fraction of sp³-hybridized carbons (Fsp3) is 0.269. The van der Waals surface area contributed by atoms with E-state index in [1.807, 2.05) is 36.4 Å². The maximum atomic E-state index is 12.9. The summed E-state index contributed by atoms with van der Waals surface area (Å²) in [6, 6.07) is 20.4. The van der Waals surface area contributed by atoms with Gasteiger partial charge in [-0.25, -0.2) is 4.79 Å². The average Bonchev–Trinajstić information content (AvgIpc) is 3.00. The molecule has 1 unspecified atom stereocenters. The molecule has 0 amide bonds. The number of rotatable bonds is 1. The van der Waals surface area contributed by atoms with E-state index < -0.39 is 5.60 Å². The predicted octanol–water partition coefficient (Wildman–Crippen LogP) is 5.36. The Kier molecular flexibility index (Phi) is 3.70. The average molecular weight is 384 g/mol. The Bertz CT molecular complexity index is 1150. The van der Waals surface area contributed by atoms with Gasteiger partial charge in [0.15, 0.2) is 5.60 Å². The molecule has 0 fully saturated rings. The van der Waals surface area contributed by atoms with Gasteiger partial charge in [0.1, 0.15) is 5.75 Å². The third-order valence-corrected chi connectivity index (χ3v) is 6.20. The van der Waals surface area contributed by atoms with Crippen molar-refractivity contribution in [3.8, 4) is 5.75 Å². The number of hydrogen-bond acceptors (Lipinski definition) is 3. The van der Waals surface area contributed by atoms with Gasteiger partial charge in [0.25, 0.3) is 0 Å². The first kappa shape index (κ1) is 18.0. The van der Waals surface area contributed by atoms with Crippen LogP contribution < -0.4 is 4.74 Å². The zero-order chi connectivity index (χ0) is 20.4. The Morgan fingerprint density at radius 1 is 0.897 bits per heavy atom. The summed E-state index contributed by atoms with van der Waals surface area (Å²) in [7, 11) is 1.68. The molecule has 0 N–H and O–H groups in total. The van der Waals surface area contributed by atoms with Crippen LogP contribution in [-0.2, 0) is 22.2 Å². The zero-order valence-electron chi connectivity index (χ0n) is 17.2. The van der Waals surface area contributed by atoms with E-state index in [-0.39, 0.29) is 11.4 Å². The van der Waals surface area contributed by atoms with Crippen molar-refractivity contribution in [2.75, 3.05) is 7.11 Å². The molecule has 3 heteroatoms. The van der Waals surface area contributed by atoms with E-state index in [0.29, 0.717) is 5.56 Å². The standard InChI is InChI=1S/C26H24O3/c1-25(2,3)18-9-11-21-16(14-18)13-17-15-19(28-4)10-12-22(17)26(21)23-8-6-5-7-20(23)24(27)29-26/h5-12,14-15H,13H2,1-4H3. The summed E-state index contributed by atoms with van der Waals surface area (Å²) >= 11 is 0. The summed E-state index contributed by atoms with van der Waals surface area (Å²) in [4.78, 5) is 12.9. The second kappa shape index (κ2) is 5.96. The molecule has 1 atom stereocenters. The fourth-order valence-electron chi connectivity index (χ4n) is 4.70. The highest BCUT2D eigenvalue weighted by Gasteiger charge is 2.52. The van der Waals surface area contributed by atoms with Gasteiger partial charge < -0.3 is 9.47 Å². The highest BCUT2D eigenvalue weighted by Crippen LogP contribution is 2.52. The minimum Gasteiger partial charge on any atom is -0.497 e. The lowest BCUT2D eigenvalue weighted by atomic mass is 9.70. The van der Waals surface area contributed by atoms with Crippen molar-refractivity contribution in [1.29, 1.82) is 0 Å². The van der Waals surface area contributed by atoms with E-state index in [1.165, 1.54) is 11.1 Å². The van der Waals surface area contributed by atoms with Crippen LogP contribution in [0.2, 0.25) is 0 Å². The lowest BCUT2D eigenvalue weighted by Gasteiger charge is -2.38. The van der Waals surface area contributed by atoms with Gasteiger partial charge in [-0.3, -0.25) is 0 Å². The zero-order valence-corrected chi connectivity index (χ0v) is 17.2. The van der Waals surface area contributed by atoms with Crippen molar-refractivity contribution < 1.29 is 14.3 Å². The summed E-state index contributed by atoms with van der Waals surface area (Å²) in [6.45, 7) is 6.65. The minimum atomic E-state index is -0.903. The van der Waals surface area contributed by atoms with Crippen LogP contribution in [0.25, 0.3) is 0 Å². The summed E-state index contributed by atoms with van der Waals surface area (Å²) in [5.41, 5.74) is 6.38. The van der Waals surface area contributed by atoms with Crippen molar-refractivity contribution in [3.05, 3.63) is 99.6 Å². The molecule has 3 nitrogen and oxygen atoms in total. The number of methoxy groups -OCH3 is 1. The SMILES string of the molecule is COc1ccc2c(c1)Cc1cc(C(C)(C)C)ccc1C21OC(=O)c2ccccc21. The normalized spacial score (nSPS) is 19.4. The predicted molar refractivity (Wildman–Crippen MR) is 113 cm³/mol. The Morgan fingerprint density at radius 2 is 1.59 bits per heavy atom. The fourth-order valence-corrected chi connectivity index (χ4v) is 4.70. The maximum Gasteiger partial charge on any atom is 0.340 e. The first-order valence-corrected chi connectivity index (χ1v) is 9.99. The van der Waals surface area contributed by atoms with Crippen molar-refractivity contribution >= 4 is 5.97 Å². The molecule has 1 spiro atoms. The van der Waals surface area contributed by atoms with Crippen molar-refractivity contribution in [2.45, 2.75) is 38.2 Å². The number of esters is 1. The second-order valence-corrected chi connectivity index (χ2v) is 8.94. The van der Waals surface area contributed by atoms with Crippen molar-refractivity contribution in [3.63, 3.8) is 0 Å². The molecule has 2 aliphatic rings. The lowest BCUT2D eigenvalue weighted by Crippen LogP contribution is -2.35. The number of fused-ring (bicyclic) bond motifs is 6. The highest BCUT2D eigenvalue weighted by molar-refractivity contribution is 5.96. The summed E-state index contributed by atoms with van der Waals surface area (Å²) in [6.07, 6.45) is 0.785. The number of carbonyl (C=O) groups excluding carboxylic acids is 1. The van der Waals surface area contributed by atoms with Crippen LogP contribution in [0, 0.1) is 0 Å². The molecule has 1 aliphatic carbocycles. The van der Waals surface area contributed by atoms with Crippen molar-refractivity contribution in [1.82, 2.24) is 0 Å². The lowest BCUT2D eigenvalue weighted by molar-refractivity contribution is 0.0240. The summed E-state index contributed by atoms with van der Waals surface area (Å²) in [5.74, 6) is 0.544. The molecule has 0 radical (unpaired) electrons. The van der Waals surface area contributed by atoms with E-state index in [9.17, 15) is 4.79 Å². The van der Waals surface area contributed by atoms with Crippen LogP contribution in [0.15, 0.2) is 60.7 Å². The van der Waals surface area contributed by atoms with Gasteiger partial charge in [-0.15, -0.1) is 0 Å². The van der Waals surface area contributed by atoms with Crippen LogP contribution in [0.5, 0.6) is 5.75 Å². The van der Waals surface area contributed by atoms with Crippen LogP contribution in [0.3, 0.4) is 0 Å². The molecule has 1 heterocycles. The Hall–Kier alpha value is -3.07. The maximum absolute atomic E-state index is 12.9. The van der Waals surface area contributed by atoms with Gasteiger partial charge >= 0.3 is 5.97 Å². The largest absolute Gasteiger partial charge is 0.497 e. The van der Waals surface area contributed by atoms with Crippen LogP contribution in [0.4, 0.5) is 0 Å². The number of hydrogen-bond donors (Lipinski definition) is 0. The van der Waals surface area contributed by atoms with E-state index in [0.717, 1.165) is 34.4 Å². The molecule has 146 valence electrons. The van der Waals surface area contributed by atoms with E-state index in [2.05, 4.69) is 45.0 Å². The molecule has 3 aromatic rings.